The monoisotopic (exact) mass is 141 g/mol. The van der Waals surface area contributed by atoms with Crippen LogP contribution in [-0.4, -0.2) is 11.0 Å². The summed E-state index contributed by atoms with van der Waals surface area (Å²) >= 11 is 0. The number of nitrogens with two attached hydrogens (primary N) is 1. The van der Waals surface area contributed by atoms with Crippen LogP contribution in [0.25, 0.3) is 0 Å². The van der Waals surface area contributed by atoms with Gasteiger partial charge in [-0.3, -0.25) is 0 Å². The largest absolute Gasteiger partial charge is 0.408 e. The normalized spacial score (nSPS) is 10.3. The number of rotatable bonds is 2. The summed E-state index contributed by atoms with van der Waals surface area (Å²) in [6, 6.07) is 0.538. The third-order valence-electron chi connectivity index (χ3n) is 0.955. The number of nitrogens with one attached hydrogen (secondary N) is 1. The Morgan fingerprint density at radius 2 is 2.40 bits per heavy atom. The van der Waals surface area contributed by atoms with Crippen molar-refractivity contribution < 1.29 is 4.42 Å². The number of oxazole rings is 1. The molecule has 3 N–H and O–H groups in total. The minimum absolute atomic E-state index is 0.197. The molecule has 0 unspecified atom stereocenters. The van der Waals surface area contributed by atoms with Crippen molar-refractivity contribution in [3.63, 3.8) is 0 Å². The van der Waals surface area contributed by atoms with Gasteiger partial charge >= 0.3 is 0 Å². The maximum Gasteiger partial charge on any atom is 0.293 e. The first kappa shape index (κ1) is 6.92. The number of nitrogen functional groups attached to an aromatic ring is 1. The summed E-state index contributed by atoms with van der Waals surface area (Å²) in [4.78, 5) is 3.72. The van der Waals surface area contributed by atoms with Crippen LogP contribution in [0.4, 0.5) is 11.9 Å². The summed E-state index contributed by atoms with van der Waals surface area (Å²) in [6.07, 6.45) is 1.56. The predicted octanol–water partition coefficient (Wildman–Crippen LogP) is 1.08. The third kappa shape index (κ3) is 1.65. The average molecular weight is 141 g/mol. The second-order valence-corrected chi connectivity index (χ2v) is 2.36. The molecular formula is C6H11N3O. The molecule has 0 spiro atoms. The van der Waals surface area contributed by atoms with Crippen LogP contribution in [0.15, 0.2) is 10.6 Å². The number of nitrogens with zero attached hydrogens (tertiary/aromatic N) is 1. The number of hydrogen-bond acceptors (Lipinski definition) is 4. The maximum absolute atomic E-state index is 5.24. The molecule has 0 saturated carbocycles. The van der Waals surface area contributed by atoms with Gasteiger partial charge in [-0.15, -0.1) is 0 Å². The Bertz CT molecular complexity index is 207. The van der Waals surface area contributed by atoms with E-state index in [0.29, 0.717) is 11.9 Å². The van der Waals surface area contributed by atoms with Gasteiger partial charge in [0.15, 0.2) is 0 Å². The second-order valence-electron chi connectivity index (χ2n) is 2.36. The number of hydrogen-bond donors (Lipinski definition) is 2. The molecule has 0 aliphatic heterocycles. The van der Waals surface area contributed by atoms with Crippen LogP contribution in [0.5, 0.6) is 0 Å². The van der Waals surface area contributed by atoms with E-state index in [1.54, 1.807) is 6.20 Å². The molecule has 0 aliphatic rings. The molecule has 0 bridgehead atoms. The highest BCUT2D eigenvalue weighted by Gasteiger charge is 1.99. The van der Waals surface area contributed by atoms with Crippen LogP contribution in [0, 0.1) is 0 Å². The summed E-state index contributed by atoms with van der Waals surface area (Å²) < 4.78 is 4.95. The lowest BCUT2D eigenvalue weighted by Gasteiger charge is -2.03. The van der Waals surface area contributed by atoms with Gasteiger partial charge in [-0.25, -0.2) is 4.98 Å². The van der Waals surface area contributed by atoms with E-state index in [2.05, 4.69) is 10.3 Å². The van der Waals surface area contributed by atoms with E-state index in [1.165, 1.54) is 0 Å². The minimum Gasteiger partial charge on any atom is -0.408 e. The van der Waals surface area contributed by atoms with Crippen molar-refractivity contribution in [3.8, 4) is 0 Å². The van der Waals surface area contributed by atoms with Crippen molar-refractivity contribution >= 4 is 11.9 Å². The average Bonchev–Trinajstić information content (AvgIpc) is 2.13. The van der Waals surface area contributed by atoms with Gasteiger partial charge in [-0.05, 0) is 13.8 Å². The lowest BCUT2D eigenvalue weighted by molar-refractivity contribution is 0.585. The van der Waals surface area contributed by atoms with Crippen molar-refractivity contribution in [1.82, 2.24) is 4.98 Å². The fraction of sp³-hybridized carbons (Fsp3) is 0.500. The van der Waals surface area contributed by atoms with Crippen molar-refractivity contribution in [2.24, 2.45) is 0 Å². The Balaban J connectivity index is 2.58. The third-order valence-corrected chi connectivity index (χ3v) is 0.955. The van der Waals surface area contributed by atoms with Gasteiger partial charge in [0.1, 0.15) is 0 Å². The van der Waals surface area contributed by atoms with E-state index in [1.807, 2.05) is 13.8 Å². The van der Waals surface area contributed by atoms with Crippen LogP contribution in [0.3, 0.4) is 0 Å². The van der Waals surface area contributed by atoms with Crippen molar-refractivity contribution in [2.45, 2.75) is 19.9 Å². The molecule has 1 aromatic rings. The molecule has 1 aromatic heterocycles. The Morgan fingerprint density at radius 3 is 2.80 bits per heavy atom. The number of aromatic nitrogens is 1. The van der Waals surface area contributed by atoms with Crippen molar-refractivity contribution in [2.75, 3.05) is 11.1 Å². The van der Waals surface area contributed by atoms with E-state index >= 15 is 0 Å². The van der Waals surface area contributed by atoms with Crippen LogP contribution in [0.1, 0.15) is 13.8 Å². The molecule has 0 radical (unpaired) electrons. The molecule has 0 fully saturated rings. The van der Waals surface area contributed by atoms with Crippen molar-refractivity contribution in [1.29, 1.82) is 0 Å². The second kappa shape index (κ2) is 2.60. The summed E-state index contributed by atoms with van der Waals surface area (Å²) in [5.74, 6) is 0.618. The molecule has 1 heterocycles. The van der Waals surface area contributed by atoms with Crippen LogP contribution in [-0.2, 0) is 0 Å². The van der Waals surface area contributed by atoms with Gasteiger partial charge in [0.2, 0.25) is 5.88 Å². The van der Waals surface area contributed by atoms with Gasteiger partial charge in [-0.1, -0.05) is 0 Å². The van der Waals surface area contributed by atoms with E-state index in [4.69, 9.17) is 10.2 Å². The molecule has 0 aliphatic carbocycles. The molecule has 0 aromatic carbocycles. The lowest BCUT2D eigenvalue weighted by atomic mass is 10.4. The zero-order valence-corrected chi connectivity index (χ0v) is 6.09. The topological polar surface area (TPSA) is 64.1 Å². The Labute approximate surface area is 59.4 Å². The lowest BCUT2D eigenvalue weighted by Crippen LogP contribution is -2.08. The summed E-state index contributed by atoms with van der Waals surface area (Å²) in [7, 11) is 0. The van der Waals surface area contributed by atoms with Gasteiger partial charge in [0, 0.05) is 6.04 Å². The van der Waals surface area contributed by atoms with Gasteiger partial charge < -0.3 is 15.5 Å². The van der Waals surface area contributed by atoms with E-state index in [-0.39, 0.29) is 6.01 Å². The molecule has 56 valence electrons. The first-order valence-corrected chi connectivity index (χ1v) is 3.16. The van der Waals surface area contributed by atoms with Crippen molar-refractivity contribution in [3.05, 3.63) is 6.20 Å². The fourth-order valence-electron chi connectivity index (χ4n) is 0.639. The smallest absolute Gasteiger partial charge is 0.293 e. The van der Waals surface area contributed by atoms with Gasteiger partial charge in [0.25, 0.3) is 6.01 Å². The highest BCUT2D eigenvalue weighted by molar-refractivity contribution is 5.32. The predicted molar refractivity (Wildman–Crippen MR) is 39.7 cm³/mol. The zero-order valence-electron chi connectivity index (χ0n) is 6.09. The summed E-state index contributed by atoms with van der Waals surface area (Å²) in [5, 5.41) is 3.02. The Hall–Kier alpha value is -1.19. The van der Waals surface area contributed by atoms with Crippen LogP contribution < -0.4 is 11.1 Å². The molecule has 1 rings (SSSR count). The standard InChI is InChI=1S/C6H11N3O/c1-4(2)9-5-3-8-6(7)10-5/h3-4,9H,1-2H3,(H2,7,8). The van der Waals surface area contributed by atoms with Crippen LogP contribution in [0.2, 0.25) is 0 Å². The van der Waals surface area contributed by atoms with Gasteiger partial charge in [0.05, 0.1) is 6.20 Å². The fourth-order valence-corrected chi connectivity index (χ4v) is 0.639. The molecule has 0 amide bonds. The molecular weight excluding hydrogens is 130 g/mol. The maximum atomic E-state index is 5.24. The van der Waals surface area contributed by atoms with E-state index in [9.17, 15) is 0 Å². The van der Waals surface area contributed by atoms with E-state index < -0.39 is 0 Å². The highest BCUT2D eigenvalue weighted by Crippen LogP contribution is 2.10. The zero-order chi connectivity index (χ0) is 7.56. The first-order chi connectivity index (χ1) is 4.68. The van der Waals surface area contributed by atoms with Gasteiger partial charge in [-0.2, -0.15) is 0 Å². The Kier molecular flexibility index (Phi) is 1.80. The van der Waals surface area contributed by atoms with E-state index in [0.717, 1.165) is 0 Å². The molecule has 4 nitrogen and oxygen atoms in total. The molecule has 0 atom stereocenters. The molecule has 4 heteroatoms. The highest BCUT2D eigenvalue weighted by atomic mass is 16.4. The molecule has 10 heavy (non-hydrogen) atoms. The molecule has 0 saturated heterocycles. The SMILES string of the molecule is CC(C)Nc1cnc(N)o1. The Morgan fingerprint density at radius 1 is 1.70 bits per heavy atom. The first-order valence-electron chi connectivity index (χ1n) is 3.16. The minimum atomic E-state index is 0.197. The summed E-state index contributed by atoms with van der Waals surface area (Å²) in [6.45, 7) is 4.03. The van der Waals surface area contributed by atoms with Crippen LogP contribution >= 0.6 is 0 Å². The quantitative estimate of drug-likeness (QED) is 0.646. The number of anilines is 2. The summed E-state index contributed by atoms with van der Waals surface area (Å²) in [5.41, 5.74) is 5.24.